The molecule has 27 heavy (non-hydrogen) atoms. The maximum Gasteiger partial charge on any atom is 0.271 e. The first kappa shape index (κ1) is 19.3. The summed E-state index contributed by atoms with van der Waals surface area (Å²) in [7, 11) is -3.83. The van der Waals surface area contributed by atoms with Gasteiger partial charge in [0.2, 0.25) is 15.9 Å². The van der Waals surface area contributed by atoms with Gasteiger partial charge in [0.25, 0.3) is 5.56 Å². The zero-order chi connectivity index (χ0) is 19.4. The minimum Gasteiger partial charge on any atom is -0.311 e. The van der Waals surface area contributed by atoms with E-state index >= 15 is 0 Å². The Labute approximate surface area is 158 Å². The van der Waals surface area contributed by atoms with E-state index < -0.39 is 15.6 Å². The van der Waals surface area contributed by atoms with Gasteiger partial charge >= 0.3 is 0 Å². The fourth-order valence-electron chi connectivity index (χ4n) is 3.25. The second-order valence-corrected chi connectivity index (χ2v) is 8.30. The van der Waals surface area contributed by atoms with Crippen molar-refractivity contribution in [2.45, 2.75) is 31.2 Å². The first-order chi connectivity index (χ1) is 12.9. The standard InChI is InChI=1S/C19H23N3O4S/c1-2-22(16-9-4-3-5-10-16)18(23)15-20-12-8-11-17(19(20)24)27(25,26)21-13-6-7-14-21/h3-5,8-12H,2,6-7,13-15H2,1H3. The van der Waals surface area contributed by atoms with E-state index in [-0.39, 0.29) is 17.3 Å². The first-order valence-corrected chi connectivity index (χ1v) is 10.4. The number of likely N-dealkylation sites (N-methyl/N-ethyl adjacent to an activating group) is 1. The largest absolute Gasteiger partial charge is 0.311 e. The molecule has 0 spiro atoms. The smallest absolute Gasteiger partial charge is 0.271 e. The van der Waals surface area contributed by atoms with Gasteiger partial charge in [0.15, 0.2) is 0 Å². The molecule has 1 aromatic carbocycles. The van der Waals surface area contributed by atoms with Crippen LogP contribution in [0.5, 0.6) is 0 Å². The number of para-hydroxylation sites is 1. The number of hydrogen-bond acceptors (Lipinski definition) is 4. The lowest BCUT2D eigenvalue weighted by molar-refractivity contribution is -0.119. The van der Waals surface area contributed by atoms with E-state index in [2.05, 4.69) is 0 Å². The number of rotatable bonds is 6. The Morgan fingerprint density at radius 2 is 1.74 bits per heavy atom. The summed E-state index contributed by atoms with van der Waals surface area (Å²) >= 11 is 0. The molecule has 2 aromatic rings. The van der Waals surface area contributed by atoms with Crippen molar-refractivity contribution in [3.63, 3.8) is 0 Å². The topological polar surface area (TPSA) is 79.7 Å². The van der Waals surface area contributed by atoms with Gasteiger partial charge in [-0.3, -0.25) is 9.59 Å². The highest BCUT2D eigenvalue weighted by Crippen LogP contribution is 2.18. The number of carbonyl (C=O) groups excluding carboxylic acids is 1. The van der Waals surface area contributed by atoms with Gasteiger partial charge in [-0.15, -0.1) is 0 Å². The SMILES string of the molecule is CCN(C(=O)Cn1cccc(S(=O)(=O)N2CCCC2)c1=O)c1ccccc1. The molecule has 0 radical (unpaired) electrons. The molecule has 1 saturated heterocycles. The molecule has 0 bridgehead atoms. The molecule has 1 aliphatic rings. The van der Waals surface area contributed by atoms with Crippen molar-refractivity contribution in [3.8, 4) is 0 Å². The molecule has 0 N–H and O–H groups in total. The third kappa shape index (κ3) is 3.96. The third-order valence-corrected chi connectivity index (χ3v) is 6.57. The van der Waals surface area contributed by atoms with Crippen molar-refractivity contribution in [3.05, 3.63) is 59.0 Å². The highest BCUT2D eigenvalue weighted by molar-refractivity contribution is 7.89. The van der Waals surface area contributed by atoms with Gasteiger partial charge in [-0.05, 0) is 44.0 Å². The molecule has 144 valence electrons. The molecule has 7 nitrogen and oxygen atoms in total. The number of carbonyl (C=O) groups is 1. The van der Waals surface area contributed by atoms with Crippen LogP contribution in [0.3, 0.4) is 0 Å². The molecule has 8 heteroatoms. The predicted octanol–water partition coefficient (Wildman–Crippen LogP) is 1.69. The van der Waals surface area contributed by atoms with Gasteiger partial charge in [0, 0.05) is 31.5 Å². The average molecular weight is 389 g/mol. The van der Waals surface area contributed by atoms with Crippen molar-refractivity contribution >= 4 is 21.6 Å². The minimum atomic E-state index is -3.83. The average Bonchev–Trinajstić information content (AvgIpc) is 3.20. The number of hydrogen-bond donors (Lipinski definition) is 0. The van der Waals surface area contributed by atoms with Crippen LogP contribution in [0.2, 0.25) is 0 Å². The zero-order valence-electron chi connectivity index (χ0n) is 15.2. The van der Waals surface area contributed by atoms with Crippen LogP contribution in [0, 0.1) is 0 Å². The zero-order valence-corrected chi connectivity index (χ0v) is 16.1. The fourth-order valence-corrected chi connectivity index (χ4v) is 4.85. The summed E-state index contributed by atoms with van der Waals surface area (Å²) in [6.07, 6.45) is 3.03. The van der Waals surface area contributed by atoms with Gasteiger partial charge in [-0.1, -0.05) is 18.2 Å². The Hall–Kier alpha value is -2.45. The number of sulfonamides is 1. The molecule has 1 fully saturated rings. The summed E-state index contributed by atoms with van der Waals surface area (Å²) in [4.78, 5) is 26.7. The van der Waals surface area contributed by atoms with Crippen LogP contribution in [0.4, 0.5) is 5.69 Å². The van der Waals surface area contributed by atoms with E-state index in [0.29, 0.717) is 19.6 Å². The lowest BCUT2D eigenvalue weighted by atomic mass is 10.3. The number of amides is 1. The minimum absolute atomic E-state index is 0.217. The Bertz CT molecular complexity index is 964. The molecule has 3 rings (SSSR count). The van der Waals surface area contributed by atoms with Crippen LogP contribution in [-0.4, -0.2) is 42.8 Å². The molecule has 0 atom stereocenters. The summed E-state index contributed by atoms with van der Waals surface area (Å²) in [6.45, 7) is 2.93. The Balaban J connectivity index is 1.88. The highest BCUT2D eigenvalue weighted by Gasteiger charge is 2.30. The van der Waals surface area contributed by atoms with Gasteiger partial charge in [-0.25, -0.2) is 8.42 Å². The normalized spacial score (nSPS) is 15.0. The molecule has 0 saturated carbocycles. The number of nitrogens with zero attached hydrogens (tertiary/aromatic N) is 3. The maximum absolute atomic E-state index is 12.7. The number of aromatic nitrogens is 1. The van der Waals surface area contributed by atoms with Crippen molar-refractivity contribution in [1.29, 1.82) is 0 Å². The molecular weight excluding hydrogens is 366 g/mol. The summed E-state index contributed by atoms with van der Waals surface area (Å²) in [6, 6.07) is 12.0. The fraction of sp³-hybridized carbons (Fsp3) is 0.368. The van der Waals surface area contributed by atoms with Crippen molar-refractivity contribution in [2.24, 2.45) is 0 Å². The van der Waals surface area contributed by atoms with E-state index in [9.17, 15) is 18.0 Å². The van der Waals surface area contributed by atoms with Crippen molar-refractivity contribution < 1.29 is 13.2 Å². The number of pyridine rings is 1. The van der Waals surface area contributed by atoms with Crippen LogP contribution in [0.15, 0.2) is 58.4 Å². The van der Waals surface area contributed by atoms with Gasteiger partial charge in [-0.2, -0.15) is 4.31 Å². The quantitative estimate of drug-likeness (QED) is 0.753. The Morgan fingerprint density at radius 3 is 2.37 bits per heavy atom. The Morgan fingerprint density at radius 1 is 1.07 bits per heavy atom. The van der Waals surface area contributed by atoms with Crippen LogP contribution in [0.1, 0.15) is 19.8 Å². The lowest BCUT2D eigenvalue weighted by Crippen LogP contribution is -2.39. The molecule has 0 aliphatic carbocycles. The Kier molecular flexibility index (Phi) is 5.76. The van der Waals surface area contributed by atoms with Crippen molar-refractivity contribution in [1.82, 2.24) is 8.87 Å². The first-order valence-electron chi connectivity index (χ1n) is 9.00. The van der Waals surface area contributed by atoms with E-state index in [4.69, 9.17) is 0 Å². The highest BCUT2D eigenvalue weighted by atomic mass is 32.2. The molecule has 2 heterocycles. The van der Waals surface area contributed by atoms with E-state index in [1.54, 1.807) is 4.90 Å². The molecule has 0 unspecified atom stereocenters. The summed E-state index contributed by atoms with van der Waals surface area (Å²) in [5, 5.41) is 0. The summed E-state index contributed by atoms with van der Waals surface area (Å²) in [5.41, 5.74) is 0.0701. The van der Waals surface area contributed by atoms with Gasteiger partial charge < -0.3 is 9.47 Å². The maximum atomic E-state index is 12.7. The van der Waals surface area contributed by atoms with Crippen LogP contribution in [-0.2, 0) is 21.4 Å². The summed E-state index contributed by atoms with van der Waals surface area (Å²) in [5.74, 6) is -0.276. The third-order valence-electron chi connectivity index (χ3n) is 4.66. The number of benzene rings is 1. The molecule has 1 aromatic heterocycles. The van der Waals surface area contributed by atoms with Crippen LogP contribution >= 0.6 is 0 Å². The molecule has 1 aliphatic heterocycles. The lowest BCUT2D eigenvalue weighted by Gasteiger charge is -2.22. The second kappa shape index (κ2) is 8.06. The van der Waals surface area contributed by atoms with E-state index in [1.165, 1.54) is 22.6 Å². The van der Waals surface area contributed by atoms with Crippen LogP contribution < -0.4 is 10.5 Å². The van der Waals surface area contributed by atoms with Gasteiger partial charge in [0.1, 0.15) is 11.4 Å². The van der Waals surface area contributed by atoms with E-state index in [0.717, 1.165) is 23.1 Å². The number of anilines is 1. The predicted molar refractivity (Wildman–Crippen MR) is 103 cm³/mol. The van der Waals surface area contributed by atoms with Crippen LogP contribution in [0.25, 0.3) is 0 Å². The van der Waals surface area contributed by atoms with Gasteiger partial charge in [0.05, 0.1) is 0 Å². The van der Waals surface area contributed by atoms with E-state index in [1.807, 2.05) is 37.3 Å². The molecule has 1 amide bonds. The summed E-state index contributed by atoms with van der Waals surface area (Å²) < 4.78 is 27.9. The second-order valence-electron chi connectivity index (χ2n) is 6.39. The molecular formula is C19H23N3O4S. The monoisotopic (exact) mass is 389 g/mol. The van der Waals surface area contributed by atoms with Crippen molar-refractivity contribution in [2.75, 3.05) is 24.5 Å².